The number of nitrogens with zero attached hydrogens (tertiary/aromatic N) is 5. The molecule has 0 radical (unpaired) electrons. The first-order valence-electron chi connectivity index (χ1n) is 11.4. The fraction of sp³-hybridized carbons (Fsp3) is 0.269. The molecule has 0 spiro atoms. The third-order valence-electron chi connectivity index (χ3n) is 6.38. The van der Waals surface area contributed by atoms with Gasteiger partial charge in [-0.1, -0.05) is 36.4 Å². The lowest BCUT2D eigenvalue weighted by atomic mass is 10.1. The molecule has 1 amide bonds. The van der Waals surface area contributed by atoms with Gasteiger partial charge in [0.2, 0.25) is 4.77 Å². The fourth-order valence-electron chi connectivity index (χ4n) is 4.22. The number of aromatic nitrogens is 3. The summed E-state index contributed by atoms with van der Waals surface area (Å²) in [6.45, 7) is 7.60. The maximum Gasteiger partial charge on any atom is 0.257 e. The van der Waals surface area contributed by atoms with Crippen LogP contribution in [0.2, 0.25) is 0 Å². The molecule has 174 valence electrons. The normalized spacial score (nSPS) is 14.5. The summed E-state index contributed by atoms with van der Waals surface area (Å²) in [4.78, 5) is 16.7. The monoisotopic (exact) mass is 473 g/mol. The Morgan fingerprint density at radius 2 is 1.76 bits per heavy atom. The van der Waals surface area contributed by atoms with Gasteiger partial charge < -0.3 is 9.32 Å². The topological polar surface area (TPSA) is 59.4 Å². The van der Waals surface area contributed by atoms with Gasteiger partial charge in [0.15, 0.2) is 5.82 Å². The first kappa shape index (κ1) is 22.3. The van der Waals surface area contributed by atoms with Crippen molar-refractivity contribution in [2.75, 3.05) is 26.2 Å². The molecule has 1 saturated heterocycles. The SMILES string of the molecule is Cc1ccc(-n2c(-c3ccccc3)nn(CN3CCN(C(=O)c4ccoc4)CC3)c2=S)cc1C. The molecule has 1 aliphatic heterocycles. The lowest BCUT2D eigenvalue weighted by Gasteiger charge is -2.34. The predicted octanol–water partition coefficient (Wildman–Crippen LogP) is 4.70. The van der Waals surface area contributed by atoms with E-state index in [0.29, 0.717) is 30.1 Å². The molecule has 2 aromatic carbocycles. The highest BCUT2D eigenvalue weighted by molar-refractivity contribution is 7.71. The van der Waals surface area contributed by atoms with Crippen molar-refractivity contribution in [2.24, 2.45) is 0 Å². The van der Waals surface area contributed by atoms with Gasteiger partial charge in [0.1, 0.15) is 6.26 Å². The first-order valence-corrected chi connectivity index (χ1v) is 11.8. The lowest BCUT2D eigenvalue weighted by molar-refractivity contribution is 0.0584. The van der Waals surface area contributed by atoms with E-state index < -0.39 is 0 Å². The third-order valence-corrected chi connectivity index (χ3v) is 6.77. The number of carbonyl (C=O) groups excluding carboxylic acids is 1. The van der Waals surface area contributed by atoms with Crippen molar-refractivity contribution in [1.29, 1.82) is 0 Å². The second-order valence-corrected chi connectivity index (χ2v) is 9.00. The zero-order chi connectivity index (χ0) is 23.7. The number of amides is 1. The molecule has 0 saturated carbocycles. The molecule has 0 bridgehead atoms. The van der Waals surface area contributed by atoms with Crippen LogP contribution in [0, 0.1) is 18.6 Å². The van der Waals surface area contributed by atoms with Gasteiger partial charge in [0.25, 0.3) is 5.91 Å². The molecule has 34 heavy (non-hydrogen) atoms. The van der Waals surface area contributed by atoms with Crippen molar-refractivity contribution >= 4 is 18.1 Å². The van der Waals surface area contributed by atoms with Crippen molar-refractivity contribution in [3.8, 4) is 17.1 Å². The summed E-state index contributed by atoms with van der Waals surface area (Å²) in [5.74, 6) is 0.831. The molecule has 0 unspecified atom stereocenters. The number of hydrogen-bond donors (Lipinski definition) is 0. The second-order valence-electron chi connectivity index (χ2n) is 8.64. The Morgan fingerprint density at radius 1 is 1.00 bits per heavy atom. The molecule has 8 heteroatoms. The summed E-state index contributed by atoms with van der Waals surface area (Å²) in [7, 11) is 0. The van der Waals surface area contributed by atoms with Crippen molar-refractivity contribution in [3.63, 3.8) is 0 Å². The Kier molecular flexibility index (Phi) is 6.17. The highest BCUT2D eigenvalue weighted by Gasteiger charge is 2.24. The maximum absolute atomic E-state index is 12.6. The summed E-state index contributed by atoms with van der Waals surface area (Å²) >= 11 is 5.92. The average Bonchev–Trinajstić information content (AvgIpc) is 3.51. The van der Waals surface area contributed by atoms with E-state index in [0.717, 1.165) is 30.2 Å². The van der Waals surface area contributed by atoms with Crippen LogP contribution < -0.4 is 0 Å². The van der Waals surface area contributed by atoms with Gasteiger partial charge >= 0.3 is 0 Å². The van der Waals surface area contributed by atoms with Crippen LogP contribution in [-0.2, 0) is 6.67 Å². The first-order chi connectivity index (χ1) is 16.5. The van der Waals surface area contributed by atoms with Gasteiger partial charge in [-0.15, -0.1) is 5.10 Å². The summed E-state index contributed by atoms with van der Waals surface area (Å²) < 4.78 is 9.65. The van der Waals surface area contributed by atoms with E-state index in [-0.39, 0.29) is 5.91 Å². The Labute approximate surface area is 203 Å². The van der Waals surface area contributed by atoms with E-state index in [1.54, 1.807) is 6.07 Å². The van der Waals surface area contributed by atoms with Crippen LogP contribution in [-0.4, -0.2) is 56.2 Å². The molecule has 0 N–H and O–H groups in total. The molecule has 2 aromatic heterocycles. The minimum absolute atomic E-state index is 0.00962. The number of furan rings is 1. The molecule has 3 heterocycles. The van der Waals surface area contributed by atoms with E-state index in [4.69, 9.17) is 21.7 Å². The number of piperazine rings is 1. The minimum atomic E-state index is 0.00962. The Bertz CT molecular complexity index is 1350. The highest BCUT2D eigenvalue weighted by Crippen LogP contribution is 2.24. The molecule has 5 rings (SSSR count). The number of aryl methyl sites for hydroxylation is 2. The Hall–Kier alpha value is -3.49. The molecular formula is C26H27N5O2S. The Balaban J connectivity index is 1.40. The molecule has 7 nitrogen and oxygen atoms in total. The van der Waals surface area contributed by atoms with Gasteiger partial charge in [-0.3, -0.25) is 14.3 Å². The van der Waals surface area contributed by atoms with Crippen LogP contribution in [0.5, 0.6) is 0 Å². The van der Waals surface area contributed by atoms with E-state index in [1.807, 2.05) is 27.8 Å². The zero-order valence-electron chi connectivity index (χ0n) is 19.3. The standard InChI is InChI=1S/C26H27N5O2S/c1-19-8-9-23(16-20(19)2)31-24(21-6-4-3-5-7-21)27-30(26(31)34)18-28-11-13-29(14-12-28)25(32)22-10-15-33-17-22/h3-10,15-17H,11-14,18H2,1-2H3. The fourth-order valence-corrected chi connectivity index (χ4v) is 4.51. The van der Waals surface area contributed by atoms with Crippen LogP contribution in [0.1, 0.15) is 21.5 Å². The van der Waals surface area contributed by atoms with Crippen LogP contribution in [0.3, 0.4) is 0 Å². The molecule has 0 aliphatic carbocycles. The molecule has 1 fully saturated rings. The average molecular weight is 474 g/mol. The van der Waals surface area contributed by atoms with Crippen molar-refractivity contribution in [2.45, 2.75) is 20.5 Å². The summed E-state index contributed by atoms with van der Waals surface area (Å²) in [5.41, 5.74) is 5.07. The minimum Gasteiger partial charge on any atom is -0.472 e. The predicted molar refractivity (Wildman–Crippen MR) is 133 cm³/mol. The van der Waals surface area contributed by atoms with Crippen molar-refractivity contribution < 1.29 is 9.21 Å². The summed E-state index contributed by atoms with van der Waals surface area (Å²) in [5, 5.41) is 4.94. The highest BCUT2D eigenvalue weighted by atomic mass is 32.1. The van der Waals surface area contributed by atoms with Gasteiger partial charge in [0.05, 0.1) is 24.2 Å². The van der Waals surface area contributed by atoms with Crippen molar-refractivity contribution in [1.82, 2.24) is 24.1 Å². The Morgan fingerprint density at radius 3 is 2.44 bits per heavy atom. The van der Waals surface area contributed by atoms with E-state index in [9.17, 15) is 4.79 Å². The second kappa shape index (κ2) is 9.40. The van der Waals surface area contributed by atoms with Gasteiger partial charge in [-0.25, -0.2) is 4.68 Å². The number of rotatable bonds is 5. The summed E-state index contributed by atoms with van der Waals surface area (Å²) in [6.07, 6.45) is 3.03. The largest absolute Gasteiger partial charge is 0.472 e. The van der Waals surface area contributed by atoms with E-state index >= 15 is 0 Å². The van der Waals surface area contributed by atoms with E-state index in [2.05, 4.69) is 53.6 Å². The third kappa shape index (κ3) is 4.34. The van der Waals surface area contributed by atoms with E-state index in [1.165, 1.54) is 23.7 Å². The number of hydrogen-bond acceptors (Lipinski definition) is 5. The smallest absolute Gasteiger partial charge is 0.257 e. The molecule has 4 aromatic rings. The molecule has 1 aliphatic rings. The van der Waals surface area contributed by atoms with Crippen molar-refractivity contribution in [3.05, 3.63) is 88.6 Å². The van der Waals surface area contributed by atoms with Crippen LogP contribution in [0.25, 0.3) is 17.1 Å². The molecular weight excluding hydrogens is 446 g/mol. The number of benzene rings is 2. The van der Waals surface area contributed by atoms with Crippen LogP contribution >= 0.6 is 12.2 Å². The number of carbonyl (C=O) groups is 1. The van der Waals surface area contributed by atoms with Gasteiger partial charge in [-0.05, 0) is 55.4 Å². The van der Waals surface area contributed by atoms with Crippen LogP contribution in [0.15, 0.2) is 71.5 Å². The summed E-state index contributed by atoms with van der Waals surface area (Å²) in [6, 6.07) is 18.2. The van der Waals surface area contributed by atoms with Gasteiger partial charge in [-0.2, -0.15) is 0 Å². The lowest BCUT2D eigenvalue weighted by Crippen LogP contribution is -2.49. The maximum atomic E-state index is 12.6. The quantitative estimate of drug-likeness (QED) is 0.394. The van der Waals surface area contributed by atoms with Crippen LogP contribution in [0.4, 0.5) is 0 Å². The zero-order valence-corrected chi connectivity index (χ0v) is 20.2. The van der Waals surface area contributed by atoms with Gasteiger partial charge in [0, 0.05) is 31.7 Å². The molecule has 0 atom stereocenters.